The second-order valence-electron chi connectivity index (χ2n) is 2.24. The van der Waals surface area contributed by atoms with Crippen LogP contribution in [0.4, 0.5) is 14.5 Å². The minimum Gasteiger partial charge on any atom is -0.211 e. The van der Waals surface area contributed by atoms with Crippen LogP contribution in [0.2, 0.25) is 0 Å². The van der Waals surface area contributed by atoms with Crippen LogP contribution in [0.15, 0.2) is 34.2 Å². The fraction of sp³-hybridized carbons (Fsp3) is 0.125. The fourth-order valence-electron chi connectivity index (χ4n) is 0.775. The molecule has 0 N–H and O–H groups in total. The third-order valence-electron chi connectivity index (χ3n) is 1.25. The quantitative estimate of drug-likeness (QED) is 0.366. The number of thioether (sulfide) groups is 1. The molecule has 0 amide bonds. The van der Waals surface area contributed by atoms with Gasteiger partial charge in [0, 0.05) is 20.8 Å². The Labute approximate surface area is 91.5 Å². The van der Waals surface area contributed by atoms with Gasteiger partial charge < -0.3 is 0 Å². The number of hydrogen-bond donors (Lipinski definition) is 0. The van der Waals surface area contributed by atoms with Crippen molar-refractivity contribution in [2.24, 2.45) is 4.99 Å². The smallest absolute Gasteiger partial charge is 0.211 e. The summed E-state index contributed by atoms with van der Waals surface area (Å²) >= 11 is 2.58. The van der Waals surface area contributed by atoms with Gasteiger partial charge in [0.05, 0.1) is 5.69 Å². The highest BCUT2D eigenvalue weighted by atomic mass is 79.9. The van der Waals surface area contributed by atoms with Gasteiger partial charge in [-0.2, -0.15) is 13.8 Å². The van der Waals surface area contributed by atoms with Crippen LogP contribution in [0.3, 0.4) is 0 Å². The van der Waals surface area contributed by atoms with Crippen molar-refractivity contribution in [2.75, 3.05) is 0 Å². The summed E-state index contributed by atoms with van der Waals surface area (Å²) in [7, 11) is 0. The van der Waals surface area contributed by atoms with Crippen molar-refractivity contribution in [1.82, 2.24) is 0 Å². The number of isocyanates is 1. The first-order valence-corrected chi connectivity index (χ1v) is 5.06. The first-order valence-electron chi connectivity index (χ1n) is 3.45. The minimum absolute atomic E-state index is 0.371. The Morgan fingerprint density at radius 1 is 1.36 bits per heavy atom. The molecule has 14 heavy (non-hydrogen) atoms. The molecule has 2 nitrogen and oxygen atoms in total. The van der Waals surface area contributed by atoms with Crippen molar-refractivity contribution in [1.29, 1.82) is 0 Å². The second kappa shape index (κ2) is 4.68. The molecule has 1 aromatic carbocycles. The van der Waals surface area contributed by atoms with Gasteiger partial charge >= 0.3 is 4.16 Å². The zero-order valence-corrected chi connectivity index (χ0v) is 9.11. The highest BCUT2D eigenvalue weighted by Crippen LogP contribution is 2.40. The molecular weight excluding hydrogens is 276 g/mol. The van der Waals surface area contributed by atoms with Crippen molar-refractivity contribution in [2.45, 2.75) is 9.06 Å². The lowest BCUT2D eigenvalue weighted by Gasteiger charge is -2.06. The highest BCUT2D eigenvalue weighted by Gasteiger charge is 2.25. The standard InChI is InChI=1S/C8H4BrF2NOS/c9-8(10,11)14-7-3-1-6(2-4-7)12-5-13/h1-4H. The van der Waals surface area contributed by atoms with E-state index in [1.807, 2.05) is 0 Å². The lowest BCUT2D eigenvalue weighted by Crippen LogP contribution is -1.95. The van der Waals surface area contributed by atoms with Crippen LogP contribution >= 0.6 is 27.7 Å². The summed E-state index contributed by atoms with van der Waals surface area (Å²) < 4.78 is 21.9. The SMILES string of the molecule is O=C=Nc1ccc(SC(F)(F)Br)cc1. The van der Waals surface area contributed by atoms with E-state index in [0.29, 0.717) is 22.3 Å². The normalized spacial score (nSPS) is 10.8. The lowest BCUT2D eigenvalue weighted by atomic mass is 10.3. The summed E-state index contributed by atoms with van der Waals surface area (Å²) in [5.41, 5.74) is 0.391. The molecule has 0 heterocycles. The maximum Gasteiger partial charge on any atom is 0.353 e. The average molecular weight is 280 g/mol. The van der Waals surface area contributed by atoms with Gasteiger partial charge in [0.2, 0.25) is 6.08 Å². The first-order chi connectivity index (χ1) is 6.51. The Bertz CT molecular complexity index is 357. The van der Waals surface area contributed by atoms with Crippen LogP contribution in [0, 0.1) is 0 Å². The first kappa shape index (κ1) is 11.4. The van der Waals surface area contributed by atoms with E-state index in [1.165, 1.54) is 30.3 Å². The predicted octanol–water partition coefficient (Wildman–Crippen LogP) is 3.69. The second-order valence-corrected chi connectivity index (χ2v) is 4.95. The largest absolute Gasteiger partial charge is 0.353 e. The van der Waals surface area contributed by atoms with Gasteiger partial charge in [-0.25, -0.2) is 4.79 Å². The summed E-state index contributed by atoms with van der Waals surface area (Å²) in [6.45, 7) is 0. The van der Waals surface area contributed by atoms with Gasteiger partial charge in [-0.1, -0.05) is 0 Å². The van der Waals surface area contributed by atoms with Gasteiger partial charge in [0.1, 0.15) is 0 Å². The van der Waals surface area contributed by atoms with Crippen LogP contribution in [-0.2, 0) is 4.79 Å². The molecule has 74 valence electrons. The Hall–Kier alpha value is -0.710. The number of rotatable bonds is 3. The molecule has 0 fully saturated rings. The maximum absolute atomic E-state index is 12.5. The van der Waals surface area contributed by atoms with Crippen molar-refractivity contribution < 1.29 is 13.6 Å². The van der Waals surface area contributed by atoms with Crippen LogP contribution in [0.1, 0.15) is 0 Å². The minimum atomic E-state index is -2.98. The van der Waals surface area contributed by atoms with Crippen molar-refractivity contribution in [3.63, 3.8) is 0 Å². The summed E-state index contributed by atoms with van der Waals surface area (Å²) in [6.07, 6.45) is 1.36. The molecule has 0 saturated carbocycles. The van der Waals surface area contributed by atoms with E-state index in [2.05, 4.69) is 20.9 Å². The number of hydrogen-bond acceptors (Lipinski definition) is 3. The Kier molecular flexibility index (Phi) is 3.80. The summed E-state index contributed by atoms with van der Waals surface area (Å²) in [4.78, 5) is 13.6. The van der Waals surface area contributed by atoms with E-state index in [0.717, 1.165) is 0 Å². The predicted molar refractivity (Wildman–Crippen MR) is 54.0 cm³/mol. The highest BCUT2D eigenvalue weighted by molar-refractivity contribution is 9.11. The van der Waals surface area contributed by atoms with Gasteiger partial charge in [-0.3, -0.25) is 0 Å². The van der Waals surface area contributed by atoms with Crippen LogP contribution in [-0.4, -0.2) is 10.2 Å². The molecule has 0 unspecified atom stereocenters. The number of carbonyl (C=O) groups excluding carboxylic acids is 1. The maximum atomic E-state index is 12.5. The molecule has 0 atom stereocenters. The zero-order chi connectivity index (χ0) is 10.6. The molecule has 0 spiro atoms. The van der Waals surface area contributed by atoms with E-state index in [1.54, 1.807) is 0 Å². The number of halogens is 3. The van der Waals surface area contributed by atoms with Gasteiger partial charge in [-0.15, -0.1) is 0 Å². The zero-order valence-electron chi connectivity index (χ0n) is 6.71. The fourth-order valence-corrected chi connectivity index (χ4v) is 1.88. The Balaban J connectivity index is 2.78. The van der Waals surface area contributed by atoms with Crippen molar-refractivity contribution >= 4 is 39.5 Å². The lowest BCUT2D eigenvalue weighted by molar-refractivity contribution is 0.221. The van der Waals surface area contributed by atoms with Crippen LogP contribution in [0.5, 0.6) is 0 Å². The number of benzene rings is 1. The summed E-state index contributed by atoms with van der Waals surface area (Å²) in [6, 6.07) is 5.84. The molecule has 0 aliphatic carbocycles. The molecule has 0 radical (unpaired) electrons. The Morgan fingerprint density at radius 2 is 1.93 bits per heavy atom. The van der Waals surface area contributed by atoms with E-state index in [9.17, 15) is 13.6 Å². The van der Waals surface area contributed by atoms with E-state index < -0.39 is 4.16 Å². The molecule has 0 aliphatic rings. The number of nitrogens with zero attached hydrogens (tertiary/aromatic N) is 1. The van der Waals surface area contributed by atoms with Gasteiger partial charge in [0.25, 0.3) is 0 Å². The molecule has 0 saturated heterocycles. The summed E-state index contributed by atoms with van der Waals surface area (Å²) in [5, 5.41) is 0. The van der Waals surface area contributed by atoms with Crippen LogP contribution < -0.4 is 0 Å². The molecular formula is C8H4BrF2NOS. The number of alkyl halides is 3. The van der Waals surface area contributed by atoms with Gasteiger partial charge in [-0.05, 0) is 36.0 Å². The molecule has 0 bridgehead atoms. The Morgan fingerprint density at radius 3 is 2.36 bits per heavy atom. The monoisotopic (exact) mass is 279 g/mol. The summed E-state index contributed by atoms with van der Waals surface area (Å²) in [5.74, 6) is 0. The third-order valence-corrected chi connectivity index (χ3v) is 2.47. The van der Waals surface area contributed by atoms with E-state index in [4.69, 9.17) is 0 Å². The van der Waals surface area contributed by atoms with E-state index >= 15 is 0 Å². The molecule has 1 rings (SSSR count). The topological polar surface area (TPSA) is 29.4 Å². The molecule has 0 aliphatic heterocycles. The van der Waals surface area contributed by atoms with Crippen molar-refractivity contribution in [3.05, 3.63) is 24.3 Å². The van der Waals surface area contributed by atoms with Gasteiger partial charge in [0.15, 0.2) is 0 Å². The third kappa shape index (κ3) is 4.00. The van der Waals surface area contributed by atoms with E-state index in [-0.39, 0.29) is 0 Å². The molecule has 1 aromatic rings. The average Bonchev–Trinajstić information content (AvgIpc) is 2.06. The number of aliphatic imine (C=N–C) groups is 1. The van der Waals surface area contributed by atoms with Crippen molar-refractivity contribution in [3.8, 4) is 0 Å². The molecule has 6 heteroatoms. The van der Waals surface area contributed by atoms with Crippen LogP contribution in [0.25, 0.3) is 0 Å². The molecule has 0 aromatic heterocycles.